The Morgan fingerprint density at radius 2 is 1.18 bits per heavy atom. The summed E-state index contributed by atoms with van der Waals surface area (Å²) in [4.78, 5) is 0. The van der Waals surface area contributed by atoms with Gasteiger partial charge in [-0.2, -0.15) is 0 Å². The van der Waals surface area contributed by atoms with Crippen LogP contribution in [0.1, 0.15) is 38.3 Å². The number of ether oxygens (including phenoxy) is 2. The molecule has 0 saturated carbocycles. The standard InChI is InChI=1S/C31H26O2/c1-4-7-22-9-13-26-24(17-22)11-15-28-30(26)31-27-14-10-23(8-5-2)18-25(27)12-16-29(31)33-20-21(6-3)19-32-28/h9-18,21H,6,19-20H2,1-3H3. The van der Waals surface area contributed by atoms with Gasteiger partial charge in [-0.1, -0.05) is 43.0 Å². The maximum absolute atomic E-state index is 6.44. The molecule has 33 heavy (non-hydrogen) atoms. The molecule has 0 saturated heterocycles. The van der Waals surface area contributed by atoms with E-state index < -0.39 is 0 Å². The van der Waals surface area contributed by atoms with E-state index in [-0.39, 0.29) is 0 Å². The predicted octanol–water partition coefficient (Wildman–Crippen LogP) is 7.20. The van der Waals surface area contributed by atoms with Crippen LogP contribution in [0, 0.1) is 29.6 Å². The van der Waals surface area contributed by atoms with E-state index in [1.54, 1.807) is 0 Å². The fraction of sp³-hybridized carbons (Fsp3) is 0.226. The fourth-order valence-corrected chi connectivity index (χ4v) is 4.52. The first-order valence-corrected chi connectivity index (χ1v) is 11.5. The molecular weight excluding hydrogens is 404 g/mol. The molecule has 0 bridgehead atoms. The van der Waals surface area contributed by atoms with Crippen LogP contribution in [0.3, 0.4) is 0 Å². The van der Waals surface area contributed by atoms with Crippen molar-refractivity contribution in [3.8, 4) is 46.3 Å². The van der Waals surface area contributed by atoms with Crippen LogP contribution in [0.15, 0.2) is 60.7 Å². The van der Waals surface area contributed by atoms with Gasteiger partial charge < -0.3 is 9.47 Å². The Morgan fingerprint density at radius 1 is 0.697 bits per heavy atom. The van der Waals surface area contributed by atoms with Crippen molar-refractivity contribution in [3.05, 3.63) is 71.8 Å². The zero-order chi connectivity index (χ0) is 22.8. The lowest BCUT2D eigenvalue weighted by Crippen LogP contribution is -2.18. The lowest BCUT2D eigenvalue weighted by molar-refractivity contribution is 0.177. The molecule has 4 aromatic carbocycles. The fourth-order valence-electron chi connectivity index (χ4n) is 4.52. The van der Waals surface area contributed by atoms with Crippen molar-refractivity contribution < 1.29 is 9.47 Å². The van der Waals surface area contributed by atoms with Crippen LogP contribution in [-0.4, -0.2) is 13.2 Å². The van der Waals surface area contributed by atoms with Gasteiger partial charge in [0.1, 0.15) is 11.5 Å². The van der Waals surface area contributed by atoms with E-state index >= 15 is 0 Å². The molecule has 1 aliphatic heterocycles. The van der Waals surface area contributed by atoms with Gasteiger partial charge >= 0.3 is 0 Å². The highest BCUT2D eigenvalue weighted by molar-refractivity contribution is 6.10. The molecule has 0 aliphatic carbocycles. The van der Waals surface area contributed by atoms with Crippen molar-refractivity contribution in [2.75, 3.05) is 13.2 Å². The van der Waals surface area contributed by atoms with E-state index in [2.05, 4.69) is 91.3 Å². The van der Waals surface area contributed by atoms with Crippen LogP contribution in [0.25, 0.3) is 32.7 Å². The second-order valence-corrected chi connectivity index (χ2v) is 8.40. The van der Waals surface area contributed by atoms with E-state index in [9.17, 15) is 0 Å². The molecule has 0 N–H and O–H groups in total. The second-order valence-electron chi connectivity index (χ2n) is 8.40. The molecule has 4 aromatic rings. The minimum Gasteiger partial charge on any atom is -0.492 e. The molecule has 0 unspecified atom stereocenters. The number of benzene rings is 4. The molecular formula is C31H26O2. The summed E-state index contributed by atoms with van der Waals surface area (Å²) in [5.74, 6) is 14.5. The van der Waals surface area contributed by atoms with Gasteiger partial charge in [0.15, 0.2) is 0 Å². The Hall–Kier alpha value is -3.88. The number of fused-ring (bicyclic) bond motifs is 7. The summed E-state index contributed by atoms with van der Waals surface area (Å²) in [5.41, 5.74) is 4.18. The highest BCUT2D eigenvalue weighted by Crippen LogP contribution is 2.46. The van der Waals surface area contributed by atoms with Crippen molar-refractivity contribution in [3.63, 3.8) is 0 Å². The zero-order valence-electron chi connectivity index (χ0n) is 19.3. The van der Waals surface area contributed by atoms with Crippen LogP contribution in [0.5, 0.6) is 11.5 Å². The number of hydrogen-bond acceptors (Lipinski definition) is 2. The van der Waals surface area contributed by atoms with Gasteiger partial charge in [0, 0.05) is 28.2 Å². The van der Waals surface area contributed by atoms with E-state index in [0.29, 0.717) is 19.1 Å². The Bertz CT molecular complexity index is 1380. The maximum Gasteiger partial charge on any atom is 0.127 e. The molecule has 0 atom stereocenters. The third-order valence-corrected chi connectivity index (χ3v) is 6.28. The summed E-state index contributed by atoms with van der Waals surface area (Å²) in [6.45, 7) is 7.18. The van der Waals surface area contributed by atoms with Crippen molar-refractivity contribution in [2.24, 2.45) is 5.92 Å². The van der Waals surface area contributed by atoms with Gasteiger partial charge in [0.2, 0.25) is 0 Å². The SMILES string of the molecule is CC#Cc1ccc2c3c(ccc2c1)OCC(CC)COc1ccc2cc(C#CC)ccc2c1-3. The average Bonchev–Trinajstić information content (AvgIpc) is 2.91. The molecule has 1 heterocycles. The molecule has 0 aromatic heterocycles. The lowest BCUT2D eigenvalue weighted by Gasteiger charge is -2.18. The Kier molecular flexibility index (Phi) is 5.68. The summed E-state index contributed by atoms with van der Waals surface area (Å²) in [5, 5.41) is 4.55. The molecule has 5 rings (SSSR count). The molecule has 2 nitrogen and oxygen atoms in total. The van der Waals surface area contributed by atoms with Crippen molar-refractivity contribution >= 4 is 21.5 Å². The van der Waals surface area contributed by atoms with Gasteiger partial charge in [-0.25, -0.2) is 0 Å². The number of rotatable bonds is 1. The summed E-state index contributed by atoms with van der Waals surface area (Å²) in [6.07, 6.45) is 1.00. The average molecular weight is 431 g/mol. The van der Waals surface area contributed by atoms with E-state index in [0.717, 1.165) is 61.7 Å². The quantitative estimate of drug-likeness (QED) is 0.297. The van der Waals surface area contributed by atoms with E-state index in [1.165, 1.54) is 0 Å². The molecule has 0 fully saturated rings. The van der Waals surface area contributed by atoms with Gasteiger partial charge in [0.05, 0.1) is 13.2 Å². The third-order valence-electron chi connectivity index (χ3n) is 6.28. The predicted molar refractivity (Wildman–Crippen MR) is 137 cm³/mol. The molecule has 162 valence electrons. The first-order chi connectivity index (χ1) is 16.2. The highest BCUT2D eigenvalue weighted by atomic mass is 16.5. The first kappa shape index (κ1) is 21.0. The van der Waals surface area contributed by atoms with Gasteiger partial charge in [-0.15, -0.1) is 11.8 Å². The van der Waals surface area contributed by atoms with Crippen LogP contribution in [0.4, 0.5) is 0 Å². The monoisotopic (exact) mass is 430 g/mol. The third kappa shape index (κ3) is 3.90. The topological polar surface area (TPSA) is 18.5 Å². The summed E-state index contributed by atoms with van der Waals surface area (Å²) in [7, 11) is 0. The van der Waals surface area contributed by atoms with Crippen LogP contribution < -0.4 is 9.47 Å². The zero-order valence-corrected chi connectivity index (χ0v) is 19.3. The van der Waals surface area contributed by atoms with Crippen molar-refractivity contribution in [1.82, 2.24) is 0 Å². The summed E-state index contributed by atoms with van der Waals surface area (Å²) >= 11 is 0. The highest BCUT2D eigenvalue weighted by Gasteiger charge is 2.22. The van der Waals surface area contributed by atoms with Crippen LogP contribution in [-0.2, 0) is 0 Å². The number of hydrogen-bond donors (Lipinski definition) is 0. The van der Waals surface area contributed by atoms with E-state index in [4.69, 9.17) is 9.47 Å². The molecule has 2 heteroatoms. The summed E-state index contributed by atoms with van der Waals surface area (Å²) in [6, 6.07) is 21.2. The van der Waals surface area contributed by atoms with Gasteiger partial charge in [0.25, 0.3) is 0 Å². The Labute approximate surface area is 195 Å². The maximum atomic E-state index is 6.44. The normalized spacial score (nSPS) is 13.1. The van der Waals surface area contributed by atoms with Gasteiger partial charge in [-0.05, 0) is 78.2 Å². The van der Waals surface area contributed by atoms with Crippen molar-refractivity contribution in [2.45, 2.75) is 27.2 Å². The smallest absolute Gasteiger partial charge is 0.127 e. The minimum absolute atomic E-state index is 0.333. The molecule has 1 aliphatic rings. The molecule has 0 amide bonds. The Balaban J connectivity index is 1.85. The van der Waals surface area contributed by atoms with Gasteiger partial charge in [-0.3, -0.25) is 0 Å². The van der Waals surface area contributed by atoms with Crippen LogP contribution in [0.2, 0.25) is 0 Å². The second kappa shape index (κ2) is 8.93. The van der Waals surface area contributed by atoms with Crippen LogP contribution >= 0.6 is 0 Å². The molecule has 0 spiro atoms. The van der Waals surface area contributed by atoms with Crippen molar-refractivity contribution in [1.29, 1.82) is 0 Å². The van der Waals surface area contributed by atoms with E-state index in [1.807, 2.05) is 13.8 Å². The Morgan fingerprint density at radius 3 is 1.61 bits per heavy atom. The lowest BCUT2D eigenvalue weighted by atomic mass is 9.91. The first-order valence-electron chi connectivity index (χ1n) is 11.5. The summed E-state index contributed by atoms with van der Waals surface area (Å²) < 4.78 is 12.9. The molecule has 0 radical (unpaired) electrons. The largest absolute Gasteiger partial charge is 0.492 e. The minimum atomic E-state index is 0.333.